The molecular formula is C33H38ClN7O3. The minimum absolute atomic E-state index is 0.0606. The lowest BCUT2D eigenvalue weighted by Gasteiger charge is -2.35. The number of piperazine rings is 1. The Hall–Kier alpha value is -3.89. The molecule has 230 valence electrons. The average Bonchev–Trinajstić information content (AvgIpc) is 3.66. The van der Waals surface area contributed by atoms with Crippen molar-refractivity contribution in [3.8, 4) is 22.9 Å². The number of carbonyl (C=O) groups is 1. The highest BCUT2D eigenvalue weighted by atomic mass is 35.5. The van der Waals surface area contributed by atoms with E-state index in [2.05, 4.69) is 46.6 Å². The molecule has 2 saturated heterocycles. The van der Waals surface area contributed by atoms with E-state index >= 15 is 0 Å². The van der Waals surface area contributed by atoms with Crippen LogP contribution in [0.15, 0.2) is 37.1 Å². The number of carbonyl (C=O) groups excluding carboxylic acids is 1. The van der Waals surface area contributed by atoms with Gasteiger partial charge < -0.3 is 24.2 Å². The third-order valence-corrected chi connectivity index (χ3v) is 9.72. The maximum Gasteiger partial charge on any atom is 0.319 e. The number of H-pyrrole nitrogens is 1. The summed E-state index contributed by atoms with van der Waals surface area (Å²) in [6.07, 6.45) is 8.63. The molecule has 2 aromatic carbocycles. The van der Waals surface area contributed by atoms with Gasteiger partial charge in [-0.05, 0) is 76.4 Å². The zero-order valence-corrected chi connectivity index (χ0v) is 26.1. The summed E-state index contributed by atoms with van der Waals surface area (Å²) in [6.45, 7) is 9.67. The van der Waals surface area contributed by atoms with Crippen molar-refractivity contribution in [2.75, 3.05) is 51.3 Å². The summed E-state index contributed by atoms with van der Waals surface area (Å²) in [5.41, 5.74) is 4.46. The van der Waals surface area contributed by atoms with Crippen LogP contribution in [-0.4, -0.2) is 94.4 Å². The fraction of sp³-hybridized carbons (Fsp3) is 0.455. The topological polar surface area (TPSA) is 99.7 Å². The molecule has 0 spiro atoms. The largest absolute Gasteiger partial charge is 0.487 e. The SMILES string of the molecule is C=CC(=O)N1CCN(c2nc(OC[C@@H]3CCCN3C)nc3c(OC4CCC4)c(-c4c(C)ccc5[nH]ncc45)c(Cl)cc23)CC1. The Balaban J connectivity index is 1.40. The first kappa shape index (κ1) is 28.9. The van der Waals surface area contributed by atoms with E-state index in [1.165, 1.54) is 6.08 Å². The van der Waals surface area contributed by atoms with Gasteiger partial charge in [-0.3, -0.25) is 9.89 Å². The number of halogens is 1. The maximum absolute atomic E-state index is 12.3. The van der Waals surface area contributed by atoms with Gasteiger partial charge in [-0.15, -0.1) is 0 Å². The highest BCUT2D eigenvalue weighted by molar-refractivity contribution is 6.35. The highest BCUT2D eigenvalue weighted by Gasteiger charge is 2.30. The molecule has 2 aromatic heterocycles. The van der Waals surface area contributed by atoms with E-state index < -0.39 is 0 Å². The number of aromatic nitrogens is 4. The molecule has 1 N–H and O–H groups in total. The van der Waals surface area contributed by atoms with Gasteiger partial charge in [0, 0.05) is 54.1 Å². The average molecular weight is 616 g/mol. The number of nitrogens with zero attached hydrogens (tertiary/aromatic N) is 6. The van der Waals surface area contributed by atoms with Crippen molar-refractivity contribution in [2.24, 2.45) is 0 Å². The molecule has 0 radical (unpaired) electrons. The fourth-order valence-electron chi connectivity index (χ4n) is 6.56. The normalized spacial score (nSPS) is 19.5. The van der Waals surface area contributed by atoms with Crippen LogP contribution in [0.25, 0.3) is 32.9 Å². The number of aromatic amines is 1. The summed E-state index contributed by atoms with van der Waals surface area (Å²) < 4.78 is 13.2. The molecule has 7 rings (SSSR count). The summed E-state index contributed by atoms with van der Waals surface area (Å²) >= 11 is 7.24. The first-order chi connectivity index (χ1) is 21.4. The van der Waals surface area contributed by atoms with Gasteiger partial charge in [0.05, 0.1) is 22.8 Å². The lowest BCUT2D eigenvalue weighted by Crippen LogP contribution is -2.48. The van der Waals surface area contributed by atoms with Crippen LogP contribution >= 0.6 is 11.6 Å². The first-order valence-electron chi connectivity index (χ1n) is 15.5. The Labute approximate surface area is 262 Å². The second kappa shape index (κ2) is 11.9. The van der Waals surface area contributed by atoms with Crippen molar-refractivity contribution >= 4 is 45.1 Å². The molecule has 1 saturated carbocycles. The lowest BCUT2D eigenvalue weighted by molar-refractivity contribution is -0.126. The Morgan fingerprint density at radius 2 is 1.91 bits per heavy atom. The van der Waals surface area contributed by atoms with Gasteiger partial charge in [0.25, 0.3) is 0 Å². The third-order valence-electron chi connectivity index (χ3n) is 9.42. The molecule has 1 amide bonds. The maximum atomic E-state index is 12.3. The van der Waals surface area contributed by atoms with Crippen molar-refractivity contribution in [3.63, 3.8) is 0 Å². The summed E-state index contributed by atoms with van der Waals surface area (Å²) in [4.78, 5) is 28.7. The molecule has 4 heterocycles. The van der Waals surface area contributed by atoms with Crippen LogP contribution in [0.2, 0.25) is 5.02 Å². The molecule has 1 aliphatic carbocycles. The van der Waals surface area contributed by atoms with E-state index in [4.69, 9.17) is 31.0 Å². The zero-order chi connectivity index (χ0) is 30.4. The number of likely N-dealkylation sites (N-methyl/N-ethyl adjacent to an activating group) is 1. The molecule has 44 heavy (non-hydrogen) atoms. The quantitative estimate of drug-likeness (QED) is 0.264. The van der Waals surface area contributed by atoms with E-state index in [9.17, 15) is 4.79 Å². The molecule has 4 aromatic rings. The standard InChI is InChI=1S/C33H38ClN7O3/c1-4-27(42)40-13-15-41(16-14-40)32-23-17-25(34)29(28-20(2)10-11-26-24(28)18-35-38-26)31(44-22-8-5-9-22)30(23)36-33(37-32)43-19-21-7-6-12-39(21)3/h4,10-11,17-18,21-22H,1,5-9,12-16,19H2,2-3H3,(H,35,38)/t21-/m0/s1. The van der Waals surface area contributed by atoms with E-state index in [1.54, 1.807) is 0 Å². The van der Waals surface area contributed by atoms with E-state index in [0.717, 1.165) is 77.4 Å². The molecule has 11 heteroatoms. The van der Waals surface area contributed by atoms with Crippen LogP contribution in [-0.2, 0) is 4.79 Å². The predicted octanol–water partition coefficient (Wildman–Crippen LogP) is 5.37. The number of anilines is 1. The van der Waals surface area contributed by atoms with Gasteiger partial charge in [-0.25, -0.2) is 0 Å². The lowest BCUT2D eigenvalue weighted by atomic mass is 9.93. The first-order valence-corrected chi connectivity index (χ1v) is 15.9. The minimum Gasteiger partial charge on any atom is -0.487 e. The van der Waals surface area contributed by atoms with E-state index in [-0.39, 0.29) is 12.0 Å². The van der Waals surface area contributed by atoms with Crippen molar-refractivity contribution in [1.29, 1.82) is 0 Å². The number of rotatable bonds is 8. The summed E-state index contributed by atoms with van der Waals surface area (Å²) in [5.74, 6) is 1.33. The van der Waals surface area contributed by atoms with Crippen LogP contribution in [0.4, 0.5) is 5.82 Å². The minimum atomic E-state index is -0.0606. The second-order valence-corrected chi connectivity index (χ2v) is 12.6. The van der Waals surface area contributed by atoms with Gasteiger partial charge in [0.2, 0.25) is 5.91 Å². The number of hydrogen-bond acceptors (Lipinski definition) is 8. The number of aryl methyl sites for hydroxylation is 1. The molecule has 3 aliphatic rings. The predicted molar refractivity (Wildman–Crippen MR) is 173 cm³/mol. The Bertz CT molecular complexity index is 1730. The van der Waals surface area contributed by atoms with Gasteiger partial charge in [0.1, 0.15) is 17.9 Å². The number of ether oxygens (including phenoxy) is 2. The Morgan fingerprint density at radius 1 is 1.09 bits per heavy atom. The molecule has 1 atom stereocenters. The van der Waals surface area contributed by atoms with Crippen LogP contribution in [0.1, 0.15) is 37.7 Å². The molecule has 10 nitrogen and oxygen atoms in total. The van der Waals surface area contributed by atoms with Crippen LogP contribution in [0, 0.1) is 6.92 Å². The molecule has 3 fully saturated rings. The second-order valence-electron chi connectivity index (χ2n) is 12.2. The summed E-state index contributed by atoms with van der Waals surface area (Å²) in [7, 11) is 2.13. The number of benzene rings is 2. The van der Waals surface area contributed by atoms with Crippen LogP contribution < -0.4 is 14.4 Å². The number of nitrogens with one attached hydrogen (secondary N) is 1. The van der Waals surface area contributed by atoms with Crippen molar-refractivity contribution in [1.82, 2.24) is 30.0 Å². The van der Waals surface area contributed by atoms with Gasteiger partial charge in [0.15, 0.2) is 5.75 Å². The van der Waals surface area contributed by atoms with Crippen LogP contribution in [0.3, 0.4) is 0 Å². The van der Waals surface area contributed by atoms with Gasteiger partial charge >= 0.3 is 6.01 Å². The summed E-state index contributed by atoms with van der Waals surface area (Å²) in [5, 5.41) is 9.76. The number of amides is 1. The smallest absolute Gasteiger partial charge is 0.319 e. The number of fused-ring (bicyclic) bond motifs is 2. The molecule has 0 unspecified atom stereocenters. The molecule has 0 bridgehead atoms. The zero-order valence-electron chi connectivity index (χ0n) is 25.3. The summed E-state index contributed by atoms with van der Waals surface area (Å²) in [6, 6.07) is 6.71. The van der Waals surface area contributed by atoms with Crippen molar-refractivity contribution in [3.05, 3.63) is 47.6 Å². The Kier molecular flexibility index (Phi) is 7.80. The monoisotopic (exact) mass is 615 g/mol. The fourth-order valence-corrected chi connectivity index (χ4v) is 6.85. The molecular weight excluding hydrogens is 578 g/mol. The van der Waals surface area contributed by atoms with E-state index in [1.807, 2.05) is 23.2 Å². The molecule has 2 aliphatic heterocycles. The third kappa shape index (κ3) is 5.24. The van der Waals surface area contributed by atoms with Crippen LogP contribution in [0.5, 0.6) is 11.8 Å². The van der Waals surface area contributed by atoms with Crippen molar-refractivity contribution < 1.29 is 14.3 Å². The highest BCUT2D eigenvalue weighted by Crippen LogP contribution is 2.48. The number of likely N-dealkylation sites (tertiary alicyclic amines) is 1. The van der Waals surface area contributed by atoms with Gasteiger partial charge in [-0.2, -0.15) is 15.1 Å². The van der Waals surface area contributed by atoms with Gasteiger partial charge in [-0.1, -0.05) is 24.2 Å². The van der Waals surface area contributed by atoms with Crippen molar-refractivity contribution in [2.45, 2.75) is 51.2 Å². The van der Waals surface area contributed by atoms with E-state index in [0.29, 0.717) is 61.1 Å². The Morgan fingerprint density at radius 3 is 2.61 bits per heavy atom. The number of hydrogen-bond donors (Lipinski definition) is 1.